The molecule has 0 saturated carbocycles. The zero-order valence-electron chi connectivity index (χ0n) is 45.1. The van der Waals surface area contributed by atoms with E-state index in [-0.39, 0.29) is 0 Å². The van der Waals surface area contributed by atoms with Crippen LogP contribution in [0.2, 0.25) is 0 Å². The third kappa shape index (κ3) is 8.65. The van der Waals surface area contributed by atoms with Crippen LogP contribution >= 0.6 is 22.7 Å². The van der Waals surface area contributed by atoms with E-state index in [9.17, 15) is 0 Å². The minimum Gasteiger partial charge on any atom is -0.308 e. The summed E-state index contributed by atoms with van der Waals surface area (Å²) in [6.07, 6.45) is 0. The van der Waals surface area contributed by atoms with Crippen molar-refractivity contribution in [3.05, 3.63) is 289 Å². The molecule has 14 rings (SSSR count). The number of benzene rings is 12. The zero-order valence-corrected chi connectivity index (χ0v) is 46.7. The second kappa shape index (κ2) is 20.5. The van der Waals surface area contributed by atoms with Gasteiger partial charge in [0.05, 0.1) is 32.1 Å². The lowest BCUT2D eigenvalue weighted by atomic mass is 9.88. The van der Waals surface area contributed by atoms with Gasteiger partial charge in [-0.3, -0.25) is 0 Å². The molecule has 2 heterocycles. The van der Waals surface area contributed by atoms with Crippen molar-refractivity contribution >= 4 is 97.1 Å². The number of hydrogen-bond donors (Lipinski definition) is 0. The lowest BCUT2D eigenvalue weighted by Crippen LogP contribution is -2.13. The van der Waals surface area contributed by atoms with Crippen LogP contribution in [0.1, 0.15) is 22.3 Å². The number of nitrogens with zero attached hydrogens (tertiary/aromatic N) is 2. The maximum Gasteiger partial charge on any atom is 0.0640 e. The van der Waals surface area contributed by atoms with Crippen molar-refractivity contribution in [1.82, 2.24) is 0 Å². The molecule has 0 amide bonds. The van der Waals surface area contributed by atoms with Crippen LogP contribution in [0.3, 0.4) is 0 Å². The highest BCUT2D eigenvalue weighted by atomic mass is 32.1. The first-order chi connectivity index (χ1) is 39.3. The Bertz CT molecular complexity index is 4290. The average molecular weight is 1060 g/mol. The van der Waals surface area contributed by atoms with Crippen LogP contribution in [0, 0.1) is 27.7 Å². The Balaban J connectivity index is 0.924. The van der Waals surface area contributed by atoms with Gasteiger partial charge in [0.1, 0.15) is 0 Å². The highest BCUT2D eigenvalue weighted by molar-refractivity contribution is 7.27. The molecule has 0 saturated heterocycles. The van der Waals surface area contributed by atoms with E-state index in [2.05, 4.69) is 304 Å². The molecule has 0 spiro atoms. The van der Waals surface area contributed by atoms with Gasteiger partial charge in [-0.05, 0) is 155 Å². The fraction of sp³-hybridized carbons (Fsp3) is 0.0526. The molecule has 0 atom stereocenters. The first kappa shape index (κ1) is 49.0. The summed E-state index contributed by atoms with van der Waals surface area (Å²) >= 11 is 3.77. The van der Waals surface area contributed by atoms with Crippen molar-refractivity contribution in [2.24, 2.45) is 0 Å². The van der Waals surface area contributed by atoms with E-state index in [1.54, 1.807) is 0 Å². The average Bonchev–Trinajstić information content (AvgIpc) is 4.17. The summed E-state index contributed by atoms with van der Waals surface area (Å²) in [5, 5.41) is 5.09. The molecule has 382 valence electrons. The van der Waals surface area contributed by atoms with E-state index in [1.165, 1.54) is 118 Å². The van der Waals surface area contributed by atoms with Crippen LogP contribution in [-0.4, -0.2) is 0 Å². The molecule has 2 nitrogen and oxygen atoms in total. The molecule has 4 heteroatoms. The minimum atomic E-state index is 1.13. The summed E-state index contributed by atoms with van der Waals surface area (Å²) in [5.41, 5.74) is 24.0. The van der Waals surface area contributed by atoms with Crippen LogP contribution in [0.4, 0.5) is 34.1 Å². The van der Waals surface area contributed by atoms with E-state index in [0.717, 1.165) is 34.1 Å². The third-order valence-corrected chi connectivity index (χ3v) is 18.3. The standard InChI is InChI=1S/C76H56N2S2/c1-49-43-59(77(67-35-19-17-31-61(67)55-27-13-7-14-28-55)69-37-21-33-65-63-41-39-57(47-71(63)79-75(65)69)53-23-9-5-10-24-53)44-50(2)73(49)74-51(3)45-60(46-52(74)4)78(68-36-20-18-32-62(68)56-29-15-8-16-30-56)70-38-22-34-66-64-42-40-58(48-72(64)80-76(66)70)54-25-11-6-12-26-54/h5-48H,1-4H3. The number of aryl methyl sites for hydroxylation is 4. The maximum atomic E-state index is 2.52. The van der Waals surface area contributed by atoms with Crippen molar-refractivity contribution in [2.45, 2.75) is 27.7 Å². The lowest BCUT2D eigenvalue weighted by molar-refractivity contribution is 1.24. The lowest BCUT2D eigenvalue weighted by Gasteiger charge is -2.31. The van der Waals surface area contributed by atoms with Gasteiger partial charge in [-0.1, -0.05) is 206 Å². The monoisotopic (exact) mass is 1060 g/mol. The highest BCUT2D eigenvalue weighted by Crippen LogP contribution is 2.52. The second-order valence-electron chi connectivity index (χ2n) is 21.0. The number of para-hydroxylation sites is 2. The molecule has 0 fully saturated rings. The number of anilines is 6. The Morgan fingerprint density at radius 2 is 0.575 bits per heavy atom. The van der Waals surface area contributed by atoms with Crippen molar-refractivity contribution in [3.8, 4) is 55.6 Å². The molecule has 2 aromatic heterocycles. The Labute approximate surface area is 476 Å². The third-order valence-electron chi connectivity index (χ3n) is 15.9. The largest absolute Gasteiger partial charge is 0.308 e. The molecule has 14 aromatic rings. The van der Waals surface area contributed by atoms with Crippen LogP contribution in [-0.2, 0) is 0 Å². The van der Waals surface area contributed by atoms with Crippen molar-refractivity contribution in [1.29, 1.82) is 0 Å². The predicted molar refractivity (Wildman–Crippen MR) is 348 cm³/mol. The van der Waals surface area contributed by atoms with Crippen LogP contribution in [0.5, 0.6) is 0 Å². The van der Waals surface area contributed by atoms with E-state index in [4.69, 9.17) is 0 Å². The molecule has 0 aliphatic carbocycles. The normalized spacial score (nSPS) is 11.5. The van der Waals surface area contributed by atoms with Crippen LogP contribution < -0.4 is 9.80 Å². The first-order valence-electron chi connectivity index (χ1n) is 27.5. The molecule has 80 heavy (non-hydrogen) atoms. The van der Waals surface area contributed by atoms with Gasteiger partial charge >= 0.3 is 0 Å². The molecule has 12 aromatic carbocycles. The number of fused-ring (bicyclic) bond motifs is 6. The van der Waals surface area contributed by atoms with E-state index < -0.39 is 0 Å². The first-order valence-corrected chi connectivity index (χ1v) is 29.1. The molecule has 0 aliphatic heterocycles. The Morgan fingerprint density at radius 3 is 0.950 bits per heavy atom. The molecule has 0 N–H and O–H groups in total. The Hall–Kier alpha value is -9.32. The molecule has 0 aliphatic rings. The smallest absolute Gasteiger partial charge is 0.0640 e. The summed E-state index contributed by atoms with van der Waals surface area (Å²) in [5.74, 6) is 0. The SMILES string of the molecule is Cc1cc(N(c2ccccc2-c2ccccc2)c2cccc3c2sc2cc(-c4ccccc4)ccc23)cc(C)c1-c1c(C)cc(N(c2ccccc2-c2ccccc2)c2cccc3c2sc2cc(-c4ccccc4)ccc23)cc1C. The molecular formula is C76H56N2S2. The van der Waals surface area contributed by atoms with Gasteiger partial charge in [0.2, 0.25) is 0 Å². The zero-order chi connectivity index (χ0) is 53.8. The fourth-order valence-electron chi connectivity index (χ4n) is 12.3. The van der Waals surface area contributed by atoms with Gasteiger partial charge in [-0.15, -0.1) is 22.7 Å². The Kier molecular flexibility index (Phi) is 12.5. The predicted octanol–water partition coefficient (Wildman–Crippen LogP) is 22.9. The number of thiophene rings is 2. The van der Waals surface area contributed by atoms with Gasteiger partial charge in [0, 0.05) is 53.4 Å². The summed E-state index contributed by atoms with van der Waals surface area (Å²) in [4.78, 5) is 5.04. The number of hydrogen-bond acceptors (Lipinski definition) is 4. The van der Waals surface area contributed by atoms with Crippen molar-refractivity contribution < 1.29 is 0 Å². The van der Waals surface area contributed by atoms with E-state index >= 15 is 0 Å². The van der Waals surface area contributed by atoms with Crippen LogP contribution in [0.25, 0.3) is 96.0 Å². The number of rotatable bonds is 11. The Morgan fingerprint density at radius 1 is 0.250 bits per heavy atom. The topological polar surface area (TPSA) is 6.48 Å². The van der Waals surface area contributed by atoms with Crippen LogP contribution in [0.15, 0.2) is 267 Å². The van der Waals surface area contributed by atoms with Gasteiger partial charge in [-0.2, -0.15) is 0 Å². The summed E-state index contributed by atoms with van der Waals surface area (Å²) in [6.45, 7) is 9.22. The van der Waals surface area contributed by atoms with E-state index in [1.807, 2.05) is 22.7 Å². The summed E-state index contributed by atoms with van der Waals surface area (Å²) in [6, 6.07) is 98.2. The van der Waals surface area contributed by atoms with Gasteiger partial charge in [0.25, 0.3) is 0 Å². The summed E-state index contributed by atoms with van der Waals surface area (Å²) < 4.78 is 5.09. The van der Waals surface area contributed by atoms with Gasteiger partial charge in [-0.25, -0.2) is 0 Å². The minimum absolute atomic E-state index is 1.13. The molecule has 0 bridgehead atoms. The van der Waals surface area contributed by atoms with Gasteiger partial charge in [0.15, 0.2) is 0 Å². The quantitative estimate of drug-likeness (QED) is 0.127. The van der Waals surface area contributed by atoms with Crippen molar-refractivity contribution in [3.63, 3.8) is 0 Å². The maximum absolute atomic E-state index is 2.52. The second-order valence-corrected chi connectivity index (χ2v) is 23.1. The fourth-order valence-corrected chi connectivity index (χ4v) is 14.8. The summed E-state index contributed by atoms with van der Waals surface area (Å²) in [7, 11) is 0. The highest BCUT2D eigenvalue weighted by Gasteiger charge is 2.26. The molecule has 0 radical (unpaired) electrons. The van der Waals surface area contributed by atoms with E-state index in [0.29, 0.717) is 0 Å². The molecular weight excluding hydrogens is 1000 g/mol. The van der Waals surface area contributed by atoms with Gasteiger partial charge < -0.3 is 9.80 Å². The van der Waals surface area contributed by atoms with Crippen molar-refractivity contribution in [2.75, 3.05) is 9.80 Å². The molecule has 0 unspecified atom stereocenters.